The number of rotatable bonds is 2. The first kappa shape index (κ1) is 13.1. The number of cyclic esters (lactones) is 2. The fourth-order valence-corrected chi connectivity index (χ4v) is 1.21. The van der Waals surface area contributed by atoms with Crippen molar-refractivity contribution in [1.82, 2.24) is 5.32 Å². The van der Waals surface area contributed by atoms with Crippen LogP contribution in [-0.2, 0) is 19.1 Å². The summed E-state index contributed by atoms with van der Waals surface area (Å²) in [7, 11) is 1.64. The molecule has 1 aliphatic heterocycles. The zero-order valence-electron chi connectivity index (χ0n) is 10.2. The van der Waals surface area contributed by atoms with Gasteiger partial charge in [-0.1, -0.05) is 0 Å². The minimum absolute atomic E-state index is 0.484. The van der Waals surface area contributed by atoms with E-state index in [0.29, 0.717) is 5.70 Å². The van der Waals surface area contributed by atoms with Gasteiger partial charge in [0.05, 0.1) is 0 Å². The van der Waals surface area contributed by atoms with Crippen molar-refractivity contribution in [1.29, 1.82) is 0 Å². The summed E-state index contributed by atoms with van der Waals surface area (Å²) in [4.78, 5) is 23.1. The summed E-state index contributed by atoms with van der Waals surface area (Å²) in [5.41, 5.74) is 0.0827. The lowest BCUT2D eigenvalue weighted by Gasteiger charge is -2.29. The molecule has 0 radical (unpaired) electrons. The third-order valence-corrected chi connectivity index (χ3v) is 2.09. The summed E-state index contributed by atoms with van der Waals surface area (Å²) < 4.78 is 9.69. The molecule has 17 heavy (non-hydrogen) atoms. The third kappa shape index (κ3) is 2.99. The lowest BCUT2D eigenvalue weighted by molar-refractivity contribution is -0.222. The number of aliphatic hydroxyl groups is 1. The van der Waals surface area contributed by atoms with Gasteiger partial charge in [-0.15, -0.1) is 0 Å². The Bertz CT molecular complexity index is 398. The molecule has 1 saturated heterocycles. The molecule has 1 aliphatic rings. The zero-order chi connectivity index (χ0) is 13.2. The van der Waals surface area contributed by atoms with Crippen LogP contribution in [0.3, 0.4) is 0 Å². The molecule has 2 N–H and O–H groups in total. The quantitative estimate of drug-likeness (QED) is 0.321. The molecule has 0 saturated carbocycles. The summed E-state index contributed by atoms with van der Waals surface area (Å²) in [6.07, 6.45) is 1.25. The van der Waals surface area contributed by atoms with Crippen molar-refractivity contribution in [2.45, 2.75) is 26.6 Å². The Kier molecular flexibility index (Phi) is 3.45. The van der Waals surface area contributed by atoms with Gasteiger partial charge >= 0.3 is 11.9 Å². The monoisotopic (exact) mass is 241 g/mol. The van der Waals surface area contributed by atoms with E-state index < -0.39 is 29.1 Å². The number of allylic oxidation sites excluding steroid dienone is 2. The van der Waals surface area contributed by atoms with Crippen LogP contribution in [-0.4, -0.2) is 29.9 Å². The summed E-state index contributed by atoms with van der Waals surface area (Å²) in [5.74, 6) is -3.59. The van der Waals surface area contributed by atoms with Crippen LogP contribution in [0.2, 0.25) is 0 Å². The maximum absolute atomic E-state index is 11.5. The van der Waals surface area contributed by atoms with Gasteiger partial charge in [0.2, 0.25) is 0 Å². The van der Waals surface area contributed by atoms with Gasteiger partial charge in [0.15, 0.2) is 5.57 Å². The molecular weight excluding hydrogens is 226 g/mol. The Balaban J connectivity index is 3.10. The molecule has 94 valence electrons. The first-order valence-corrected chi connectivity index (χ1v) is 5.03. The summed E-state index contributed by atoms with van der Waals surface area (Å²) >= 11 is 0. The van der Waals surface area contributed by atoms with Crippen LogP contribution in [0.5, 0.6) is 0 Å². The Hall–Kier alpha value is -1.98. The van der Waals surface area contributed by atoms with Gasteiger partial charge in [0.25, 0.3) is 5.79 Å². The average molecular weight is 241 g/mol. The smallest absolute Gasteiger partial charge is 0.352 e. The maximum atomic E-state index is 11.5. The molecule has 6 heteroatoms. The number of ether oxygens (including phenoxy) is 2. The summed E-state index contributed by atoms with van der Waals surface area (Å²) in [5, 5.41) is 12.4. The number of esters is 2. The van der Waals surface area contributed by atoms with E-state index in [1.165, 1.54) is 19.9 Å². The second-order valence-electron chi connectivity index (χ2n) is 4.02. The van der Waals surface area contributed by atoms with Crippen molar-refractivity contribution in [2.24, 2.45) is 0 Å². The molecule has 0 aromatic rings. The molecule has 1 fully saturated rings. The number of carbonyl (C=O) groups is 2. The first-order chi connectivity index (χ1) is 7.76. The number of carbonyl (C=O) groups excluding carboxylic acids is 2. The third-order valence-electron chi connectivity index (χ3n) is 2.09. The second-order valence-corrected chi connectivity index (χ2v) is 4.02. The van der Waals surface area contributed by atoms with Crippen LogP contribution >= 0.6 is 0 Å². The first-order valence-electron chi connectivity index (χ1n) is 5.03. The van der Waals surface area contributed by atoms with Crippen LogP contribution in [0.1, 0.15) is 20.8 Å². The average Bonchev–Trinajstić information content (AvgIpc) is 2.13. The molecule has 1 rings (SSSR count). The highest BCUT2D eigenvalue weighted by atomic mass is 16.7. The Morgan fingerprint density at radius 3 is 2.18 bits per heavy atom. The van der Waals surface area contributed by atoms with Crippen LogP contribution in [0.4, 0.5) is 0 Å². The lowest BCUT2D eigenvalue weighted by Crippen LogP contribution is -2.42. The van der Waals surface area contributed by atoms with Crippen LogP contribution in [0.25, 0.3) is 0 Å². The molecule has 0 spiro atoms. The van der Waals surface area contributed by atoms with Crippen molar-refractivity contribution >= 4 is 11.9 Å². The van der Waals surface area contributed by atoms with Gasteiger partial charge < -0.3 is 19.9 Å². The highest BCUT2D eigenvalue weighted by Crippen LogP contribution is 2.24. The van der Waals surface area contributed by atoms with Crippen LogP contribution in [0, 0.1) is 0 Å². The molecule has 0 aromatic carbocycles. The number of hydrogen-bond acceptors (Lipinski definition) is 6. The highest BCUT2D eigenvalue weighted by molar-refractivity contribution is 6.16. The van der Waals surface area contributed by atoms with Gasteiger partial charge in [0, 0.05) is 26.6 Å². The van der Waals surface area contributed by atoms with Crippen molar-refractivity contribution in [2.75, 3.05) is 7.05 Å². The molecule has 0 amide bonds. The van der Waals surface area contributed by atoms with Crippen LogP contribution in [0.15, 0.2) is 23.1 Å². The van der Waals surface area contributed by atoms with E-state index in [1.54, 1.807) is 14.0 Å². The summed E-state index contributed by atoms with van der Waals surface area (Å²) in [6.45, 7) is 4.54. The predicted molar refractivity (Wildman–Crippen MR) is 58.7 cm³/mol. The van der Waals surface area contributed by atoms with E-state index in [-0.39, 0.29) is 0 Å². The Morgan fingerprint density at radius 1 is 1.29 bits per heavy atom. The predicted octanol–water partition coefficient (Wildman–Crippen LogP) is 0.758. The molecule has 6 nitrogen and oxygen atoms in total. The molecule has 0 aliphatic carbocycles. The van der Waals surface area contributed by atoms with Gasteiger partial charge in [0.1, 0.15) is 5.76 Å². The fraction of sp³-hybridized carbons (Fsp3) is 0.455. The summed E-state index contributed by atoms with van der Waals surface area (Å²) in [6, 6.07) is 0. The molecule has 0 bridgehead atoms. The molecule has 0 atom stereocenters. The largest absolute Gasteiger partial charge is 0.507 e. The molecule has 1 heterocycles. The zero-order valence-corrected chi connectivity index (χ0v) is 10.2. The van der Waals surface area contributed by atoms with E-state index in [0.717, 1.165) is 0 Å². The second kappa shape index (κ2) is 4.48. The van der Waals surface area contributed by atoms with Crippen molar-refractivity contribution in [3.8, 4) is 0 Å². The maximum Gasteiger partial charge on any atom is 0.352 e. The van der Waals surface area contributed by atoms with Gasteiger partial charge in [-0.2, -0.15) is 0 Å². The van der Waals surface area contributed by atoms with Crippen molar-refractivity contribution in [3.05, 3.63) is 23.1 Å². The minimum atomic E-state index is -1.31. The van der Waals surface area contributed by atoms with E-state index in [2.05, 4.69) is 5.32 Å². The SMILES string of the molecule is CN/C(C)=C\C(O)=C1C(=O)OC(C)(C)OC1=O. The van der Waals surface area contributed by atoms with E-state index in [1.807, 2.05) is 0 Å². The van der Waals surface area contributed by atoms with Crippen molar-refractivity contribution in [3.63, 3.8) is 0 Å². The molecule has 0 aromatic heterocycles. The van der Waals surface area contributed by atoms with Gasteiger partial charge in [-0.25, -0.2) is 9.59 Å². The normalized spacial score (nSPS) is 19.5. The lowest BCUT2D eigenvalue weighted by atomic mass is 10.1. The molecule has 0 unspecified atom stereocenters. The Morgan fingerprint density at radius 2 is 1.76 bits per heavy atom. The van der Waals surface area contributed by atoms with Crippen LogP contribution < -0.4 is 5.32 Å². The number of nitrogens with one attached hydrogen (secondary N) is 1. The fourth-order valence-electron chi connectivity index (χ4n) is 1.21. The van der Waals surface area contributed by atoms with E-state index in [4.69, 9.17) is 9.47 Å². The van der Waals surface area contributed by atoms with Gasteiger partial charge in [-0.3, -0.25) is 0 Å². The van der Waals surface area contributed by atoms with Crippen molar-refractivity contribution < 1.29 is 24.2 Å². The highest BCUT2D eigenvalue weighted by Gasteiger charge is 2.40. The topological polar surface area (TPSA) is 84.9 Å². The number of hydrogen-bond donors (Lipinski definition) is 2. The number of aliphatic hydroxyl groups excluding tert-OH is 1. The van der Waals surface area contributed by atoms with E-state index >= 15 is 0 Å². The van der Waals surface area contributed by atoms with Gasteiger partial charge in [-0.05, 0) is 13.0 Å². The Labute approximate surface area is 98.9 Å². The minimum Gasteiger partial charge on any atom is -0.507 e. The molecular formula is C11H15NO5. The van der Waals surface area contributed by atoms with E-state index in [9.17, 15) is 14.7 Å². The standard InChI is InChI=1S/C11H15NO5/c1-6(12-4)5-7(13)8-9(14)16-11(2,3)17-10(8)15/h5,12-13H,1-4H3/b6-5-.